The fourth-order valence-electron chi connectivity index (χ4n) is 6.02. The van der Waals surface area contributed by atoms with Crippen molar-refractivity contribution in [3.63, 3.8) is 0 Å². The van der Waals surface area contributed by atoms with Gasteiger partial charge in [-0.1, -0.05) is 164 Å². The van der Waals surface area contributed by atoms with Crippen molar-refractivity contribution in [1.82, 2.24) is 19.5 Å². The van der Waals surface area contributed by atoms with Crippen LogP contribution in [-0.4, -0.2) is 19.5 Å². The topological polar surface area (TPSA) is 43.6 Å². The van der Waals surface area contributed by atoms with E-state index in [4.69, 9.17) is 28.7 Å². The molecule has 0 amide bonds. The van der Waals surface area contributed by atoms with Crippen LogP contribution in [-0.2, 0) is 0 Å². The second-order valence-electron chi connectivity index (χ2n) is 11.2. The van der Waals surface area contributed by atoms with Gasteiger partial charge < -0.3 is 4.57 Å². The number of hydrogen-bond acceptors (Lipinski definition) is 3. The molecule has 0 radical (unpaired) electrons. The molecule has 49 heavy (non-hydrogen) atoms. The first-order chi connectivity index (χ1) is 29.3. The molecule has 0 atom stereocenters. The number of benzene rings is 7. The summed E-state index contributed by atoms with van der Waals surface area (Å²) < 4.78 is 108. The molecule has 0 saturated carbocycles. The van der Waals surface area contributed by atoms with Crippen molar-refractivity contribution in [3.05, 3.63) is 182 Å². The van der Waals surface area contributed by atoms with E-state index in [1.165, 1.54) is 0 Å². The number of hydrogen-bond donors (Lipinski definition) is 0. The van der Waals surface area contributed by atoms with E-state index in [0.717, 1.165) is 15.7 Å². The lowest BCUT2D eigenvalue weighted by atomic mass is 9.96. The molecule has 0 aliphatic rings. The van der Waals surface area contributed by atoms with Gasteiger partial charge in [0.25, 0.3) is 0 Å². The van der Waals surface area contributed by atoms with E-state index >= 15 is 0 Å². The van der Waals surface area contributed by atoms with Gasteiger partial charge in [-0.15, -0.1) is 0 Å². The lowest BCUT2D eigenvalue weighted by Gasteiger charge is -2.15. The molecule has 7 aromatic carbocycles. The standard InChI is InChI=1S/C45H30N4/c1-4-15-31(16-5-1)32-27-29-34(30-28-32)44-46-43(33-17-6-2-7-18-33)47-45(48-44)40-23-11-10-21-36(40)38-24-14-25-39-37-22-12-13-26-41(37)49(42(38)39)35-19-8-3-9-20-35/h1-30H/i3D,8D,9D,12D,13D,14D,19D,20D,22D,24D,25D,26D. The third-order valence-electron chi connectivity index (χ3n) is 8.28. The van der Waals surface area contributed by atoms with Gasteiger partial charge in [0, 0.05) is 38.7 Å². The molecule has 0 aliphatic carbocycles. The number of rotatable bonds is 6. The van der Waals surface area contributed by atoms with E-state index in [0.29, 0.717) is 28.3 Å². The van der Waals surface area contributed by atoms with Crippen LogP contribution >= 0.6 is 0 Å². The minimum Gasteiger partial charge on any atom is -0.309 e. The molecular formula is C45H30N4. The normalized spacial score (nSPS) is 14.7. The summed E-state index contributed by atoms with van der Waals surface area (Å²) in [4.78, 5) is 14.8. The maximum atomic E-state index is 9.47. The van der Waals surface area contributed by atoms with Gasteiger partial charge in [0.2, 0.25) is 0 Å². The van der Waals surface area contributed by atoms with Crippen molar-refractivity contribution in [2.24, 2.45) is 0 Å². The molecule has 230 valence electrons. The smallest absolute Gasteiger partial charge is 0.164 e. The first-order valence-electron chi connectivity index (χ1n) is 21.5. The Hall–Kier alpha value is -6.65. The van der Waals surface area contributed by atoms with Crippen molar-refractivity contribution in [2.45, 2.75) is 0 Å². The predicted molar refractivity (Wildman–Crippen MR) is 201 cm³/mol. The summed E-state index contributed by atoms with van der Waals surface area (Å²) >= 11 is 0. The monoisotopic (exact) mass is 638 g/mol. The average molecular weight is 639 g/mol. The third kappa shape index (κ3) is 5.16. The highest BCUT2D eigenvalue weighted by molar-refractivity contribution is 6.14. The number of para-hydroxylation sites is 3. The minimum atomic E-state index is -0.703. The molecule has 0 aliphatic heterocycles. The Morgan fingerprint density at radius 1 is 0.388 bits per heavy atom. The maximum absolute atomic E-state index is 9.47. The summed E-state index contributed by atoms with van der Waals surface area (Å²) in [7, 11) is 0. The maximum Gasteiger partial charge on any atom is 0.164 e. The molecule has 9 aromatic rings. The van der Waals surface area contributed by atoms with Crippen LogP contribution < -0.4 is 0 Å². The second kappa shape index (κ2) is 12.2. The lowest BCUT2D eigenvalue weighted by molar-refractivity contribution is 1.07. The predicted octanol–water partition coefficient (Wildman–Crippen LogP) is 11.3. The number of fused-ring (bicyclic) bond motifs is 3. The van der Waals surface area contributed by atoms with Crippen LogP contribution in [0.5, 0.6) is 0 Å². The molecule has 2 aromatic heterocycles. The summed E-state index contributed by atoms with van der Waals surface area (Å²) in [6.45, 7) is 0. The SMILES string of the molecule is [2H]c1c([2H])c([2H])c(-n2c3c([2H])c([2H])c([2H])c([2H])c3c3c([2H])c([2H])c([2H])c(-c4ccccc4-c4nc(-c5ccccc5)nc(-c5ccc(-c6ccccc6)cc5)n4)c32)c([2H])c1[2H]. The Bertz CT molecular complexity index is 3240. The molecule has 0 unspecified atom stereocenters. The number of aromatic nitrogens is 4. The molecule has 9 rings (SSSR count). The van der Waals surface area contributed by atoms with Gasteiger partial charge in [-0.2, -0.15) is 0 Å². The van der Waals surface area contributed by atoms with Crippen LogP contribution in [0.25, 0.3) is 83.9 Å². The zero-order valence-corrected chi connectivity index (χ0v) is 25.7. The summed E-state index contributed by atoms with van der Waals surface area (Å²) in [6.07, 6.45) is 0. The Morgan fingerprint density at radius 3 is 1.65 bits per heavy atom. The number of nitrogens with zero attached hydrogens (tertiary/aromatic N) is 4. The molecule has 0 bridgehead atoms. The molecule has 4 heteroatoms. The first-order valence-corrected chi connectivity index (χ1v) is 15.5. The van der Waals surface area contributed by atoms with Gasteiger partial charge in [0.1, 0.15) is 0 Å². The Balaban J connectivity index is 1.40. The molecule has 0 fully saturated rings. The highest BCUT2D eigenvalue weighted by Crippen LogP contribution is 2.41. The molecule has 0 spiro atoms. The molecule has 4 nitrogen and oxygen atoms in total. The van der Waals surface area contributed by atoms with Crippen molar-refractivity contribution in [2.75, 3.05) is 0 Å². The van der Waals surface area contributed by atoms with Crippen LogP contribution in [0.2, 0.25) is 0 Å². The fraction of sp³-hybridized carbons (Fsp3) is 0. The van der Waals surface area contributed by atoms with Crippen LogP contribution in [0.15, 0.2) is 182 Å². The van der Waals surface area contributed by atoms with Gasteiger partial charge in [-0.3, -0.25) is 0 Å². The quantitative estimate of drug-likeness (QED) is 0.182. The summed E-state index contributed by atoms with van der Waals surface area (Å²) in [5.74, 6) is 0.822. The Kier molecular flexibility index (Phi) is 4.63. The highest BCUT2D eigenvalue weighted by Gasteiger charge is 2.20. The van der Waals surface area contributed by atoms with Crippen molar-refractivity contribution >= 4 is 21.8 Å². The second-order valence-corrected chi connectivity index (χ2v) is 11.2. The van der Waals surface area contributed by atoms with E-state index in [2.05, 4.69) is 0 Å². The van der Waals surface area contributed by atoms with Gasteiger partial charge >= 0.3 is 0 Å². The molecule has 0 N–H and O–H groups in total. The Labute approximate surface area is 301 Å². The highest BCUT2D eigenvalue weighted by atomic mass is 15.0. The van der Waals surface area contributed by atoms with Gasteiger partial charge in [-0.05, 0) is 34.8 Å². The van der Waals surface area contributed by atoms with Crippen LogP contribution in [0, 0.1) is 0 Å². The molecule has 2 heterocycles. The summed E-state index contributed by atoms with van der Waals surface area (Å²) in [5.41, 5.74) is 3.03. The van der Waals surface area contributed by atoms with Gasteiger partial charge in [0.15, 0.2) is 17.5 Å². The van der Waals surface area contributed by atoms with Crippen LogP contribution in [0.4, 0.5) is 0 Å². The lowest BCUT2D eigenvalue weighted by Crippen LogP contribution is -2.01. The van der Waals surface area contributed by atoms with E-state index in [1.807, 2.05) is 84.9 Å². The van der Waals surface area contributed by atoms with E-state index in [1.54, 1.807) is 24.3 Å². The summed E-state index contributed by atoms with van der Waals surface area (Å²) in [6, 6.07) is 26.2. The Morgan fingerprint density at radius 2 is 0.918 bits per heavy atom. The van der Waals surface area contributed by atoms with Gasteiger partial charge in [-0.25, -0.2) is 15.0 Å². The van der Waals surface area contributed by atoms with Crippen LogP contribution in [0.1, 0.15) is 16.4 Å². The zero-order chi connectivity index (χ0) is 43.0. The average Bonchev–Trinajstić information content (AvgIpc) is 3.64. The third-order valence-corrected chi connectivity index (χ3v) is 8.28. The van der Waals surface area contributed by atoms with Crippen molar-refractivity contribution in [1.29, 1.82) is 0 Å². The van der Waals surface area contributed by atoms with Crippen LogP contribution in [0.3, 0.4) is 0 Å². The first kappa shape index (κ1) is 18.6. The van der Waals surface area contributed by atoms with Crippen molar-refractivity contribution in [3.8, 4) is 62.1 Å². The molecular weight excluding hydrogens is 597 g/mol. The fourth-order valence-corrected chi connectivity index (χ4v) is 6.02. The van der Waals surface area contributed by atoms with E-state index in [9.17, 15) is 2.74 Å². The zero-order valence-electron chi connectivity index (χ0n) is 37.7. The summed E-state index contributed by atoms with van der Waals surface area (Å²) in [5, 5.41) is -0.378. The molecule has 0 saturated heterocycles. The minimum absolute atomic E-state index is 0.0538. The van der Waals surface area contributed by atoms with E-state index in [-0.39, 0.29) is 38.8 Å². The largest absolute Gasteiger partial charge is 0.309 e. The van der Waals surface area contributed by atoms with Gasteiger partial charge in [0.05, 0.1) is 27.5 Å². The van der Waals surface area contributed by atoms with E-state index < -0.39 is 78.2 Å². The van der Waals surface area contributed by atoms with Crippen molar-refractivity contribution < 1.29 is 16.4 Å².